The van der Waals surface area contributed by atoms with Gasteiger partial charge in [0.25, 0.3) is 10.0 Å². The van der Waals surface area contributed by atoms with Crippen LogP contribution >= 0.6 is 0 Å². The maximum atomic E-state index is 15.0. The lowest BCUT2D eigenvalue weighted by Crippen LogP contribution is -2.12. The Kier molecular flexibility index (Phi) is 7.15. The van der Waals surface area contributed by atoms with Gasteiger partial charge in [-0.1, -0.05) is 30.3 Å². The number of methoxy groups -OCH3 is 1. The SMILES string of the molecule is COc1cnc2c(c1)c(Cc1ccc(NCc3ccc(C(F)(F)F)nc3)nc1F)cn2S(=O)(=O)c1ccccc1. The largest absolute Gasteiger partial charge is 0.495 e. The molecule has 5 rings (SSSR count). The third-order valence-corrected chi connectivity index (χ3v) is 7.76. The van der Waals surface area contributed by atoms with Crippen molar-refractivity contribution in [2.45, 2.75) is 24.0 Å². The van der Waals surface area contributed by atoms with Gasteiger partial charge in [0, 0.05) is 36.3 Å². The Labute approximate surface area is 226 Å². The maximum Gasteiger partial charge on any atom is 0.433 e. The van der Waals surface area contributed by atoms with Gasteiger partial charge in [0.05, 0.1) is 18.2 Å². The molecule has 0 amide bonds. The number of rotatable bonds is 8. The van der Waals surface area contributed by atoms with E-state index in [2.05, 4.69) is 20.3 Å². The molecule has 0 spiro atoms. The quantitative estimate of drug-likeness (QED) is 0.196. The molecule has 4 heterocycles. The van der Waals surface area contributed by atoms with Crippen LogP contribution in [-0.4, -0.2) is 34.5 Å². The van der Waals surface area contributed by atoms with E-state index in [0.717, 1.165) is 16.2 Å². The Hall–Kier alpha value is -4.52. The van der Waals surface area contributed by atoms with Gasteiger partial charge >= 0.3 is 6.18 Å². The molecule has 0 aliphatic carbocycles. The van der Waals surface area contributed by atoms with Crippen molar-refractivity contribution in [1.29, 1.82) is 0 Å². The van der Waals surface area contributed by atoms with Gasteiger partial charge in [0.2, 0.25) is 5.95 Å². The van der Waals surface area contributed by atoms with Crippen LogP contribution in [0.1, 0.15) is 22.4 Å². The standard InChI is InChI=1S/C27H21F4N5O3S/c1-39-20-12-22-19(16-36(26(22)34-15-20)40(37,38)21-5-3-2-4-6-21)11-18-8-10-24(35-25(18)28)33-14-17-7-9-23(32-13-17)27(29,30)31/h2-10,12-13,15-16H,11,14H2,1H3,(H,33,35). The highest BCUT2D eigenvalue weighted by Gasteiger charge is 2.32. The molecule has 0 fully saturated rings. The molecule has 0 bridgehead atoms. The van der Waals surface area contributed by atoms with Crippen molar-refractivity contribution < 1.29 is 30.7 Å². The molecule has 0 saturated carbocycles. The van der Waals surface area contributed by atoms with Crippen LogP contribution in [0.2, 0.25) is 0 Å². The van der Waals surface area contributed by atoms with Crippen LogP contribution in [0.25, 0.3) is 11.0 Å². The smallest absolute Gasteiger partial charge is 0.433 e. The number of fused-ring (bicyclic) bond motifs is 1. The molecular formula is C27H21F4N5O3S. The Bertz CT molecular complexity index is 1770. The van der Waals surface area contributed by atoms with E-state index in [4.69, 9.17) is 4.74 Å². The molecule has 13 heteroatoms. The average Bonchev–Trinajstić information content (AvgIpc) is 3.31. The van der Waals surface area contributed by atoms with Crippen molar-refractivity contribution in [3.05, 3.63) is 108 Å². The lowest BCUT2D eigenvalue weighted by atomic mass is 10.1. The number of nitrogens with one attached hydrogen (secondary N) is 1. The fourth-order valence-corrected chi connectivity index (χ4v) is 5.42. The average molecular weight is 572 g/mol. The first kappa shape index (κ1) is 27.1. The van der Waals surface area contributed by atoms with Crippen LogP contribution < -0.4 is 10.1 Å². The summed E-state index contributed by atoms with van der Waals surface area (Å²) in [6.45, 7) is 0.0766. The Morgan fingerprint density at radius 3 is 2.40 bits per heavy atom. The molecule has 8 nitrogen and oxygen atoms in total. The van der Waals surface area contributed by atoms with E-state index >= 15 is 4.39 Å². The number of nitrogens with zero attached hydrogens (tertiary/aromatic N) is 4. The molecule has 0 radical (unpaired) electrons. The van der Waals surface area contributed by atoms with Crippen LogP contribution in [0.3, 0.4) is 0 Å². The predicted octanol–water partition coefficient (Wildman–Crippen LogP) is 5.43. The van der Waals surface area contributed by atoms with Crippen LogP contribution in [-0.2, 0) is 29.2 Å². The first-order chi connectivity index (χ1) is 19.1. The zero-order valence-electron chi connectivity index (χ0n) is 20.9. The fraction of sp³-hybridized carbons (Fsp3) is 0.148. The maximum absolute atomic E-state index is 15.0. The van der Waals surface area contributed by atoms with Gasteiger partial charge in [-0.15, -0.1) is 0 Å². The molecular weight excluding hydrogens is 550 g/mol. The number of hydrogen-bond donors (Lipinski definition) is 1. The van der Waals surface area contributed by atoms with Gasteiger partial charge in [-0.25, -0.2) is 22.4 Å². The van der Waals surface area contributed by atoms with Gasteiger partial charge < -0.3 is 10.1 Å². The van der Waals surface area contributed by atoms with Crippen LogP contribution in [0, 0.1) is 5.95 Å². The Morgan fingerprint density at radius 2 is 1.75 bits per heavy atom. The van der Waals surface area contributed by atoms with E-state index < -0.39 is 27.8 Å². The van der Waals surface area contributed by atoms with Crippen LogP contribution in [0.4, 0.5) is 23.4 Å². The Balaban J connectivity index is 1.41. The molecule has 1 N–H and O–H groups in total. The van der Waals surface area contributed by atoms with Crippen molar-refractivity contribution >= 4 is 26.9 Å². The first-order valence-corrected chi connectivity index (χ1v) is 13.3. The molecule has 206 valence electrons. The minimum Gasteiger partial charge on any atom is -0.495 e. The van der Waals surface area contributed by atoms with Gasteiger partial charge in [-0.05, 0) is 41.5 Å². The second-order valence-corrected chi connectivity index (χ2v) is 10.6. The molecule has 0 saturated heterocycles. The summed E-state index contributed by atoms with van der Waals surface area (Å²) in [5, 5.41) is 3.32. The molecule has 0 aliphatic heterocycles. The minimum atomic E-state index is -4.54. The zero-order chi connectivity index (χ0) is 28.5. The summed E-state index contributed by atoms with van der Waals surface area (Å²) >= 11 is 0. The third kappa shape index (κ3) is 5.45. The van der Waals surface area contributed by atoms with Crippen molar-refractivity contribution in [1.82, 2.24) is 18.9 Å². The Morgan fingerprint density at radius 1 is 0.975 bits per heavy atom. The summed E-state index contributed by atoms with van der Waals surface area (Å²) < 4.78 is 86.2. The van der Waals surface area contributed by atoms with Gasteiger partial charge in [0.1, 0.15) is 17.3 Å². The second kappa shape index (κ2) is 10.6. The number of ether oxygens (including phenoxy) is 1. The number of hydrogen-bond acceptors (Lipinski definition) is 7. The van der Waals surface area contributed by atoms with Crippen molar-refractivity contribution in [3.8, 4) is 5.75 Å². The first-order valence-electron chi connectivity index (χ1n) is 11.8. The monoisotopic (exact) mass is 571 g/mol. The number of aromatic nitrogens is 4. The zero-order valence-corrected chi connectivity index (χ0v) is 21.7. The van der Waals surface area contributed by atoms with E-state index in [1.807, 2.05) is 0 Å². The predicted molar refractivity (Wildman–Crippen MR) is 139 cm³/mol. The van der Waals surface area contributed by atoms with Crippen molar-refractivity contribution in [3.63, 3.8) is 0 Å². The number of alkyl halides is 3. The summed E-state index contributed by atoms with van der Waals surface area (Å²) in [5.41, 5.74) is 0.291. The molecule has 0 atom stereocenters. The molecule has 4 aromatic heterocycles. The highest BCUT2D eigenvalue weighted by molar-refractivity contribution is 7.90. The van der Waals surface area contributed by atoms with E-state index in [0.29, 0.717) is 22.3 Å². The fourth-order valence-electron chi connectivity index (χ4n) is 4.05. The van der Waals surface area contributed by atoms with Crippen molar-refractivity contribution in [2.24, 2.45) is 0 Å². The molecule has 1 aromatic carbocycles. The van der Waals surface area contributed by atoms with E-state index in [-0.39, 0.29) is 34.9 Å². The van der Waals surface area contributed by atoms with Crippen molar-refractivity contribution in [2.75, 3.05) is 12.4 Å². The van der Waals surface area contributed by atoms with Gasteiger partial charge in [-0.2, -0.15) is 17.6 Å². The summed E-state index contributed by atoms with van der Waals surface area (Å²) in [4.78, 5) is 11.7. The van der Waals surface area contributed by atoms with Gasteiger partial charge in [-0.3, -0.25) is 4.98 Å². The molecule has 0 aliphatic rings. The lowest BCUT2D eigenvalue weighted by Gasteiger charge is -2.09. The topological polar surface area (TPSA) is 99.0 Å². The highest BCUT2D eigenvalue weighted by Crippen LogP contribution is 2.30. The lowest BCUT2D eigenvalue weighted by molar-refractivity contribution is -0.141. The van der Waals surface area contributed by atoms with E-state index in [1.54, 1.807) is 24.3 Å². The second-order valence-electron chi connectivity index (χ2n) is 8.74. The van der Waals surface area contributed by atoms with Crippen LogP contribution in [0.15, 0.2) is 84.1 Å². The van der Waals surface area contributed by atoms with E-state index in [9.17, 15) is 21.6 Å². The number of pyridine rings is 3. The summed E-state index contributed by atoms with van der Waals surface area (Å²) in [7, 11) is -2.54. The number of benzene rings is 1. The summed E-state index contributed by atoms with van der Waals surface area (Å²) in [6, 6.07) is 14.7. The van der Waals surface area contributed by atoms with E-state index in [1.165, 1.54) is 49.8 Å². The van der Waals surface area contributed by atoms with Crippen LogP contribution in [0.5, 0.6) is 5.75 Å². The molecule has 5 aromatic rings. The number of anilines is 1. The summed E-state index contributed by atoms with van der Waals surface area (Å²) in [5.74, 6) is -0.226. The minimum absolute atomic E-state index is 0.00456. The normalized spacial score (nSPS) is 12.0. The molecule has 0 unspecified atom stereocenters. The third-order valence-electron chi connectivity index (χ3n) is 6.10. The number of halogens is 4. The molecule has 40 heavy (non-hydrogen) atoms. The highest BCUT2D eigenvalue weighted by atomic mass is 32.2. The van der Waals surface area contributed by atoms with Gasteiger partial charge in [0.15, 0.2) is 5.65 Å². The summed E-state index contributed by atoms with van der Waals surface area (Å²) in [6.07, 6.45) is -0.640.